The molecule has 0 saturated carbocycles. The second kappa shape index (κ2) is 9.13. The van der Waals surface area contributed by atoms with Gasteiger partial charge in [0.2, 0.25) is 0 Å². The van der Waals surface area contributed by atoms with Gasteiger partial charge in [0.15, 0.2) is 0 Å². The summed E-state index contributed by atoms with van der Waals surface area (Å²) in [6.07, 6.45) is 8.46. The molecule has 0 fully saturated rings. The van der Waals surface area contributed by atoms with Gasteiger partial charge in [0, 0.05) is 19.3 Å². The Labute approximate surface area is 118 Å². The SMILES string of the molecule is CCCCC(CC)Cn1c(CNCCC)cnc1C. The molecule has 0 aliphatic rings. The summed E-state index contributed by atoms with van der Waals surface area (Å²) in [7, 11) is 0. The van der Waals surface area contributed by atoms with Crippen LogP contribution in [-0.2, 0) is 13.1 Å². The van der Waals surface area contributed by atoms with Crippen LogP contribution in [0.4, 0.5) is 0 Å². The zero-order valence-electron chi connectivity index (χ0n) is 13.2. The molecule has 1 unspecified atom stereocenters. The van der Waals surface area contributed by atoms with Gasteiger partial charge < -0.3 is 9.88 Å². The van der Waals surface area contributed by atoms with E-state index in [1.54, 1.807) is 0 Å². The van der Waals surface area contributed by atoms with Gasteiger partial charge in [0.05, 0.1) is 5.69 Å². The first-order valence-electron chi connectivity index (χ1n) is 7.94. The molecule has 1 rings (SSSR count). The molecule has 3 nitrogen and oxygen atoms in total. The van der Waals surface area contributed by atoms with Crippen molar-refractivity contribution in [3.8, 4) is 0 Å². The van der Waals surface area contributed by atoms with Crippen LogP contribution >= 0.6 is 0 Å². The van der Waals surface area contributed by atoms with Crippen LogP contribution in [0.2, 0.25) is 0 Å². The first-order valence-corrected chi connectivity index (χ1v) is 7.94. The summed E-state index contributed by atoms with van der Waals surface area (Å²) in [5.74, 6) is 1.95. The van der Waals surface area contributed by atoms with Crippen LogP contribution in [-0.4, -0.2) is 16.1 Å². The summed E-state index contributed by atoms with van der Waals surface area (Å²) in [5.41, 5.74) is 1.33. The number of unbranched alkanes of at least 4 members (excludes halogenated alkanes) is 1. The molecule has 0 amide bonds. The molecule has 0 aromatic carbocycles. The van der Waals surface area contributed by atoms with Gasteiger partial charge in [-0.2, -0.15) is 0 Å². The maximum absolute atomic E-state index is 4.49. The Morgan fingerprint density at radius 1 is 1.26 bits per heavy atom. The number of aromatic nitrogens is 2. The van der Waals surface area contributed by atoms with Gasteiger partial charge in [-0.15, -0.1) is 0 Å². The highest BCUT2D eigenvalue weighted by Gasteiger charge is 2.12. The van der Waals surface area contributed by atoms with Crippen LogP contribution in [0.5, 0.6) is 0 Å². The van der Waals surface area contributed by atoms with Gasteiger partial charge in [0.1, 0.15) is 5.82 Å². The molecule has 1 atom stereocenters. The first-order chi connectivity index (χ1) is 9.22. The average molecular weight is 265 g/mol. The lowest BCUT2D eigenvalue weighted by molar-refractivity contribution is 0.380. The Bertz CT molecular complexity index is 344. The Hall–Kier alpha value is -0.830. The van der Waals surface area contributed by atoms with E-state index >= 15 is 0 Å². The predicted octanol–water partition coefficient (Wildman–Crippen LogP) is 3.91. The Morgan fingerprint density at radius 3 is 2.68 bits per heavy atom. The summed E-state index contributed by atoms with van der Waals surface area (Å²) < 4.78 is 2.41. The minimum absolute atomic E-state index is 0.790. The summed E-state index contributed by atoms with van der Waals surface area (Å²) >= 11 is 0. The minimum atomic E-state index is 0.790. The van der Waals surface area contributed by atoms with E-state index in [-0.39, 0.29) is 0 Å². The highest BCUT2D eigenvalue weighted by Crippen LogP contribution is 2.17. The Morgan fingerprint density at radius 2 is 2.05 bits per heavy atom. The van der Waals surface area contributed by atoms with E-state index in [2.05, 4.69) is 42.6 Å². The van der Waals surface area contributed by atoms with E-state index in [1.807, 2.05) is 6.20 Å². The van der Waals surface area contributed by atoms with Gasteiger partial charge >= 0.3 is 0 Å². The molecular formula is C16H31N3. The normalized spacial score (nSPS) is 12.8. The highest BCUT2D eigenvalue weighted by molar-refractivity contribution is 5.04. The third kappa shape index (κ3) is 5.35. The predicted molar refractivity (Wildman–Crippen MR) is 82.3 cm³/mol. The molecule has 0 bridgehead atoms. The number of hydrogen-bond donors (Lipinski definition) is 1. The molecule has 110 valence electrons. The highest BCUT2D eigenvalue weighted by atomic mass is 15.1. The van der Waals surface area contributed by atoms with Gasteiger partial charge in [0.25, 0.3) is 0 Å². The van der Waals surface area contributed by atoms with Gasteiger partial charge in [-0.3, -0.25) is 0 Å². The van der Waals surface area contributed by atoms with E-state index < -0.39 is 0 Å². The average Bonchev–Trinajstić information content (AvgIpc) is 2.76. The molecule has 0 aliphatic carbocycles. The van der Waals surface area contributed by atoms with E-state index in [0.717, 1.165) is 31.4 Å². The topological polar surface area (TPSA) is 29.9 Å². The molecule has 0 spiro atoms. The maximum Gasteiger partial charge on any atom is 0.105 e. The lowest BCUT2D eigenvalue weighted by Gasteiger charge is -2.18. The van der Waals surface area contributed by atoms with Gasteiger partial charge in [-0.25, -0.2) is 4.98 Å². The molecule has 0 aliphatic heterocycles. The van der Waals surface area contributed by atoms with Crippen molar-refractivity contribution < 1.29 is 0 Å². The lowest BCUT2D eigenvalue weighted by Crippen LogP contribution is -2.19. The minimum Gasteiger partial charge on any atom is -0.331 e. The molecule has 1 N–H and O–H groups in total. The van der Waals surface area contributed by atoms with Crippen LogP contribution in [0, 0.1) is 12.8 Å². The zero-order chi connectivity index (χ0) is 14.1. The molecular weight excluding hydrogens is 234 g/mol. The summed E-state index contributed by atoms with van der Waals surface area (Å²) in [6.45, 7) is 12.1. The third-order valence-corrected chi connectivity index (χ3v) is 3.85. The van der Waals surface area contributed by atoms with Crippen molar-refractivity contribution in [3.63, 3.8) is 0 Å². The summed E-state index contributed by atoms with van der Waals surface area (Å²) in [6, 6.07) is 0. The molecule has 1 heterocycles. The number of nitrogens with one attached hydrogen (secondary N) is 1. The van der Waals surface area contributed by atoms with Crippen LogP contribution < -0.4 is 5.32 Å². The van der Waals surface area contributed by atoms with Crippen molar-refractivity contribution in [1.82, 2.24) is 14.9 Å². The first kappa shape index (κ1) is 16.2. The fourth-order valence-corrected chi connectivity index (χ4v) is 2.47. The fraction of sp³-hybridized carbons (Fsp3) is 0.812. The largest absolute Gasteiger partial charge is 0.331 e. The van der Waals surface area contributed by atoms with Crippen LogP contribution in [0.1, 0.15) is 64.4 Å². The quantitative estimate of drug-likeness (QED) is 0.650. The van der Waals surface area contributed by atoms with E-state index in [1.165, 1.54) is 37.8 Å². The van der Waals surface area contributed by atoms with Crippen LogP contribution in [0.3, 0.4) is 0 Å². The number of hydrogen-bond acceptors (Lipinski definition) is 2. The van der Waals surface area contributed by atoms with E-state index in [0.29, 0.717) is 0 Å². The van der Waals surface area contributed by atoms with Crippen LogP contribution in [0.25, 0.3) is 0 Å². The molecule has 19 heavy (non-hydrogen) atoms. The summed E-state index contributed by atoms with van der Waals surface area (Å²) in [5, 5.41) is 3.48. The monoisotopic (exact) mass is 265 g/mol. The van der Waals surface area contributed by atoms with Crippen molar-refractivity contribution in [2.75, 3.05) is 6.54 Å². The zero-order valence-corrected chi connectivity index (χ0v) is 13.2. The lowest BCUT2D eigenvalue weighted by atomic mass is 9.99. The molecule has 0 saturated heterocycles. The van der Waals surface area contributed by atoms with E-state index in [9.17, 15) is 0 Å². The van der Waals surface area contributed by atoms with Gasteiger partial charge in [-0.1, -0.05) is 40.0 Å². The molecule has 1 aromatic rings. The fourth-order valence-electron chi connectivity index (χ4n) is 2.47. The Kier molecular flexibility index (Phi) is 7.80. The Balaban J connectivity index is 2.61. The summed E-state index contributed by atoms with van der Waals surface area (Å²) in [4.78, 5) is 4.49. The molecule has 3 heteroatoms. The standard InChI is InChI=1S/C16H31N3/c1-5-8-9-15(7-3)13-19-14(4)18-12-16(19)11-17-10-6-2/h12,15,17H,5-11,13H2,1-4H3. The van der Waals surface area contributed by atoms with E-state index in [4.69, 9.17) is 0 Å². The number of imidazole rings is 1. The number of rotatable bonds is 10. The maximum atomic E-state index is 4.49. The van der Waals surface area contributed by atoms with Crippen molar-refractivity contribution in [2.45, 2.75) is 72.9 Å². The molecule has 0 radical (unpaired) electrons. The smallest absolute Gasteiger partial charge is 0.105 e. The second-order valence-corrected chi connectivity index (χ2v) is 5.50. The van der Waals surface area contributed by atoms with Gasteiger partial charge in [-0.05, 0) is 32.2 Å². The second-order valence-electron chi connectivity index (χ2n) is 5.50. The van der Waals surface area contributed by atoms with Crippen LogP contribution in [0.15, 0.2) is 6.20 Å². The van der Waals surface area contributed by atoms with Crippen molar-refractivity contribution in [1.29, 1.82) is 0 Å². The number of aryl methyl sites for hydroxylation is 1. The number of nitrogens with zero attached hydrogens (tertiary/aromatic N) is 2. The van der Waals surface area contributed by atoms with Crippen molar-refractivity contribution in [3.05, 3.63) is 17.7 Å². The molecule has 1 aromatic heterocycles. The third-order valence-electron chi connectivity index (χ3n) is 3.85. The van der Waals surface area contributed by atoms with Crippen molar-refractivity contribution >= 4 is 0 Å². The van der Waals surface area contributed by atoms with Crippen molar-refractivity contribution in [2.24, 2.45) is 5.92 Å².